The Kier molecular flexibility index (Phi) is 34.0. The lowest BCUT2D eigenvalue weighted by Gasteiger charge is -2.12. The molecule has 0 amide bonds. The largest absolute Gasteiger partial charge is 0.478 e. The Morgan fingerprint density at radius 2 is 0.962 bits per heavy atom. The van der Waals surface area contributed by atoms with Crippen molar-refractivity contribution in [1.82, 2.24) is 9.88 Å². The van der Waals surface area contributed by atoms with Gasteiger partial charge in [0.05, 0.1) is 19.6 Å². The number of allylic oxidation sites excluding steroid dienone is 8. The van der Waals surface area contributed by atoms with Gasteiger partial charge in [0.25, 0.3) is 0 Å². The highest BCUT2D eigenvalue weighted by Gasteiger charge is 2.09. The molecule has 53 heavy (non-hydrogen) atoms. The minimum absolute atomic E-state index is 0.192. The number of nitrogens with zero attached hydrogens (tertiary/aromatic N) is 2. The SMILES string of the molecule is CCCCCC=CCC=CCCCCCCCCOc1cc(COC(=O)CCN(C)C)cc(OCCCCCCCCC=CCC=CCCCCC)n1. The number of hydrogen-bond acceptors (Lipinski definition) is 6. The van der Waals surface area contributed by atoms with Crippen LogP contribution in [0.25, 0.3) is 0 Å². The first-order chi connectivity index (χ1) is 26.0. The highest BCUT2D eigenvalue weighted by Crippen LogP contribution is 2.21. The van der Waals surface area contributed by atoms with Crippen molar-refractivity contribution in [2.24, 2.45) is 0 Å². The molecule has 1 aromatic rings. The number of pyridine rings is 1. The third-order valence-corrected chi connectivity index (χ3v) is 9.19. The van der Waals surface area contributed by atoms with Gasteiger partial charge in [-0.2, -0.15) is 4.98 Å². The van der Waals surface area contributed by atoms with E-state index in [1.54, 1.807) is 0 Å². The number of ether oxygens (including phenoxy) is 3. The molecule has 0 N–H and O–H groups in total. The van der Waals surface area contributed by atoms with Crippen LogP contribution < -0.4 is 9.47 Å². The van der Waals surface area contributed by atoms with Gasteiger partial charge in [0.2, 0.25) is 11.8 Å². The summed E-state index contributed by atoms with van der Waals surface area (Å²) >= 11 is 0. The molecular weight excluding hydrogens is 657 g/mol. The summed E-state index contributed by atoms with van der Waals surface area (Å²) < 4.78 is 17.7. The monoisotopic (exact) mass is 737 g/mol. The molecule has 0 unspecified atom stereocenters. The third kappa shape index (κ3) is 33.4. The van der Waals surface area contributed by atoms with E-state index >= 15 is 0 Å². The molecule has 0 bridgehead atoms. The molecule has 6 heteroatoms. The zero-order chi connectivity index (χ0) is 38.3. The van der Waals surface area contributed by atoms with E-state index in [9.17, 15) is 4.79 Å². The van der Waals surface area contributed by atoms with Gasteiger partial charge in [0.1, 0.15) is 6.61 Å². The first-order valence-corrected chi connectivity index (χ1v) is 21.7. The molecule has 0 spiro atoms. The van der Waals surface area contributed by atoms with E-state index in [2.05, 4.69) is 67.4 Å². The molecule has 1 rings (SSSR count). The van der Waals surface area contributed by atoms with Crippen molar-refractivity contribution in [1.29, 1.82) is 0 Å². The predicted molar refractivity (Wildman–Crippen MR) is 227 cm³/mol. The Morgan fingerprint density at radius 3 is 1.38 bits per heavy atom. The maximum atomic E-state index is 12.2. The Bertz CT molecular complexity index is 1030. The summed E-state index contributed by atoms with van der Waals surface area (Å²) in [6.45, 7) is 6.61. The molecule has 1 heterocycles. The van der Waals surface area contributed by atoms with Gasteiger partial charge in [-0.15, -0.1) is 0 Å². The second-order valence-electron chi connectivity index (χ2n) is 14.7. The van der Waals surface area contributed by atoms with E-state index in [-0.39, 0.29) is 12.6 Å². The molecule has 6 nitrogen and oxygen atoms in total. The number of aromatic nitrogens is 1. The average molecular weight is 737 g/mol. The molecule has 0 aliphatic carbocycles. The first kappa shape index (κ1) is 48.2. The van der Waals surface area contributed by atoms with Gasteiger partial charge >= 0.3 is 5.97 Å². The smallest absolute Gasteiger partial charge is 0.307 e. The van der Waals surface area contributed by atoms with Crippen LogP contribution in [0.3, 0.4) is 0 Å². The van der Waals surface area contributed by atoms with Gasteiger partial charge in [0, 0.05) is 24.2 Å². The fourth-order valence-electron chi connectivity index (χ4n) is 5.85. The maximum Gasteiger partial charge on any atom is 0.307 e. The van der Waals surface area contributed by atoms with Crippen LogP contribution in [0.15, 0.2) is 60.7 Å². The normalized spacial score (nSPS) is 12.0. The van der Waals surface area contributed by atoms with Gasteiger partial charge in [0.15, 0.2) is 0 Å². The lowest BCUT2D eigenvalue weighted by Crippen LogP contribution is -2.18. The van der Waals surface area contributed by atoms with Gasteiger partial charge in [-0.1, -0.05) is 140 Å². The van der Waals surface area contributed by atoms with Gasteiger partial charge in [-0.3, -0.25) is 4.79 Å². The number of carbonyl (C=O) groups is 1. The molecule has 0 radical (unpaired) electrons. The Balaban J connectivity index is 2.30. The first-order valence-electron chi connectivity index (χ1n) is 21.7. The molecule has 0 aromatic carbocycles. The standard InChI is InChI=1S/C47H80N2O4/c1-5-7-9-11-13-15-17-19-21-23-25-27-29-31-33-35-39-51-45-41-44(43-53-47(50)37-38-49(3)4)42-46(48-45)52-40-36-34-32-30-28-26-24-22-20-18-16-14-12-10-8-6-2/h13-16,19-22,41-42H,5-12,17-18,23-40,43H2,1-4H3. The minimum atomic E-state index is -0.205. The number of rotatable bonds is 37. The molecule has 0 saturated heterocycles. The molecule has 0 atom stereocenters. The highest BCUT2D eigenvalue weighted by molar-refractivity contribution is 5.69. The second-order valence-corrected chi connectivity index (χ2v) is 14.7. The van der Waals surface area contributed by atoms with Crippen molar-refractivity contribution in [3.05, 3.63) is 66.3 Å². The summed E-state index contributed by atoms with van der Waals surface area (Å²) in [7, 11) is 3.90. The van der Waals surface area contributed by atoms with Crippen LogP contribution >= 0.6 is 0 Å². The minimum Gasteiger partial charge on any atom is -0.478 e. The summed E-state index contributed by atoms with van der Waals surface area (Å²) in [4.78, 5) is 18.9. The van der Waals surface area contributed by atoms with Crippen molar-refractivity contribution in [3.8, 4) is 11.8 Å². The quantitative estimate of drug-likeness (QED) is 0.0385. The van der Waals surface area contributed by atoms with E-state index in [0.29, 0.717) is 37.9 Å². The Labute approximate surface area is 326 Å². The highest BCUT2D eigenvalue weighted by atomic mass is 16.5. The van der Waals surface area contributed by atoms with Crippen LogP contribution in [0.1, 0.15) is 180 Å². The van der Waals surface area contributed by atoms with Crippen molar-refractivity contribution >= 4 is 5.97 Å². The van der Waals surface area contributed by atoms with Crippen LogP contribution in [0.5, 0.6) is 11.8 Å². The van der Waals surface area contributed by atoms with E-state index < -0.39 is 0 Å². The van der Waals surface area contributed by atoms with Crippen molar-refractivity contribution in [2.75, 3.05) is 33.9 Å². The van der Waals surface area contributed by atoms with Gasteiger partial charge < -0.3 is 19.1 Å². The van der Waals surface area contributed by atoms with Crippen LogP contribution in [-0.4, -0.2) is 49.7 Å². The maximum absolute atomic E-state index is 12.2. The van der Waals surface area contributed by atoms with Crippen LogP contribution in [0, 0.1) is 0 Å². The number of carbonyl (C=O) groups excluding carboxylic acids is 1. The molecule has 0 fully saturated rings. The fraction of sp³-hybridized carbons (Fsp3) is 0.702. The topological polar surface area (TPSA) is 60.9 Å². The van der Waals surface area contributed by atoms with E-state index in [1.165, 1.54) is 116 Å². The molecule has 1 aromatic heterocycles. The molecule has 0 aliphatic heterocycles. The number of hydrogen-bond donors (Lipinski definition) is 0. The lowest BCUT2D eigenvalue weighted by atomic mass is 10.1. The van der Waals surface area contributed by atoms with Crippen molar-refractivity contribution < 1.29 is 19.0 Å². The van der Waals surface area contributed by atoms with Crippen molar-refractivity contribution in [2.45, 2.75) is 181 Å². The second kappa shape index (κ2) is 37.5. The van der Waals surface area contributed by atoms with E-state index in [1.807, 2.05) is 31.1 Å². The van der Waals surface area contributed by atoms with Crippen molar-refractivity contribution in [3.63, 3.8) is 0 Å². The van der Waals surface area contributed by atoms with Crippen LogP contribution in [-0.2, 0) is 16.1 Å². The molecular formula is C47H80N2O4. The molecule has 0 saturated carbocycles. The fourth-order valence-corrected chi connectivity index (χ4v) is 5.85. The zero-order valence-electron chi connectivity index (χ0n) is 34.8. The van der Waals surface area contributed by atoms with E-state index in [0.717, 1.165) is 44.1 Å². The lowest BCUT2D eigenvalue weighted by molar-refractivity contribution is -0.145. The average Bonchev–Trinajstić information content (AvgIpc) is 3.15. The van der Waals surface area contributed by atoms with Crippen LogP contribution in [0.4, 0.5) is 0 Å². The van der Waals surface area contributed by atoms with Gasteiger partial charge in [-0.05, 0) is 91.1 Å². The van der Waals surface area contributed by atoms with Crippen LogP contribution in [0.2, 0.25) is 0 Å². The Morgan fingerprint density at radius 1 is 0.566 bits per heavy atom. The van der Waals surface area contributed by atoms with Gasteiger partial charge in [-0.25, -0.2) is 0 Å². The number of esters is 1. The summed E-state index contributed by atoms with van der Waals surface area (Å²) in [5.74, 6) is 0.881. The molecule has 302 valence electrons. The zero-order valence-corrected chi connectivity index (χ0v) is 34.8. The summed E-state index contributed by atoms with van der Waals surface area (Å²) in [6.07, 6.45) is 48.1. The Hall–Kier alpha value is -2.86. The predicted octanol–water partition coefficient (Wildman–Crippen LogP) is 13.5. The number of unbranched alkanes of at least 4 members (excludes halogenated alkanes) is 18. The molecule has 0 aliphatic rings. The van der Waals surface area contributed by atoms with E-state index in [4.69, 9.17) is 14.2 Å². The summed E-state index contributed by atoms with van der Waals surface area (Å²) in [6, 6.07) is 3.75. The summed E-state index contributed by atoms with van der Waals surface area (Å²) in [5.41, 5.74) is 0.845. The summed E-state index contributed by atoms with van der Waals surface area (Å²) in [5, 5.41) is 0. The third-order valence-electron chi connectivity index (χ3n) is 9.19.